The van der Waals surface area contributed by atoms with Gasteiger partial charge in [0.1, 0.15) is 0 Å². The van der Waals surface area contributed by atoms with Gasteiger partial charge in [-0.05, 0) is 36.8 Å². The summed E-state index contributed by atoms with van der Waals surface area (Å²) in [6.07, 6.45) is 0.863. The van der Waals surface area contributed by atoms with Crippen molar-refractivity contribution < 1.29 is 4.79 Å². The maximum atomic E-state index is 12.8. The van der Waals surface area contributed by atoms with Crippen molar-refractivity contribution in [3.05, 3.63) is 35.4 Å². The number of amides is 1. The van der Waals surface area contributed by atoms with Gasteiger partial charge in [0.25, 0.3) is 0 Å². The largest absolute Gasteiger partial charge is 0.336 e. The van der Waals surface area contributed by atoms with E-state index in [4.69, 9.17) is 0 Å². The van der Waals surface area contributed by atoms with Crippen molar-refractivity contribution in [3.8, 4) is 0 Å². The molecule has 1 aromatic carbocycles. The zero-order valence-corrected chi connectivity index (χ0v) is 12.7. The van der Waals surface area contributed by atoms with Crippen molar-refractivity contribution in [3.63, 3.8) is 0 Å². The molecule has 0 bridgehead atoms. The van der Waals surface area contributed by atoms with Crippen LogP contribution in [0.1, 0.15) is 45.7 Å². The number of hydrogen-bond donors (Lipinski definition) is 0. The van der Waals surface area contributed by atoms with Crippen LogP contribution >= 0.6 is 0 Å². The van der Waals surface area contributed by atoms with Crippen LogP contribution in [-0.4, -0.2) is 16.8 Å². The first-order valence-electron chi connectivity index (χ1n) is 7.18. The Hall–Kier alpha value is -1.31. The fourth-order valence-corrected chi connectivity index (χ4v) is 2.79. The molecule has 1 aliphatic heterocycles. The van der Waals surface area contributed by atoms with Crippen molar-refractivity contribution in [1.82, 2.24) is 4.90 Å². The SMILES string of the molecule is CC(C)N1Cc2ccccc2CC(C(C)(C)C)C1=O. The summed E-state index contributed by atoms with van der Waals surface area (Å²) in [6.45, 7) is 11.5. The van der Waals surface area contributed by atoms with Crippen LogP contribution in [0.3, 0.4) is 0 Å². The average molecular weight is 259 g/mol. The van der Waals surface area contributed by atoms with Gasteiger partial charge < -0.3 is 4.90 Å². The van der Waals surface area contributed by atoms with E-state index in [1.807, 2.05) is 4.90 Å². The first kappa shape index (κ1) is 14.1. The highest BCUT2D eigenvalue weighted by atomic mass is 16.2. The smallest absolute Gasteiger partial charge is 0.227 e. The summed E-state index contributed by atoms with van der Waals surface area (Å²) >= 11 is 0. The van der Waals surface area contributed by atoms with E-state index in [-0.39, 0.29) is 17.4 Å². The van der Waals surface area contributed by atoms with Crippen LogP contribution in [-0.2, 0) is 17.8 Å². The molecule has 104 valence electrons. The number of benzene rings is 1. The van der Waals surface area contributed by atoms with Crippen molar-refractivity contribution >= 4 is 5.91 Å². The fourth-order valence-electron chi connectivity index (χ4n) is 2.79. The summed E-state index contributed by atoms with van der Waals surface area (Å²) in [5.74, 6) is 0.372. The lowest BCUT2D eigenvalue weighted by atomic mass is 9.76. The van der Waals surface area contributed by atoms with Gasteiger partial charge in [0.15, 0.2) is 0 Å². The van der Waals surface area contributed by atoms with Crippen molar-refractivity contribution in [2.24, 2.45) is 11.3 Å². The number of fused-ring (bicyclic) bond motifs is 1. The monoisotopic (exact) mass is 259 g/mol. The second kappa shape index (κ2) is 4.99. The Kier molecular flexibility index (Phi) is 3.71. The van der Waals surface area contributed by atoms with Gasteiger partial charge in [-0.1, -0.05) is 45.0 Å². The van der Waals surface area contributed by atoms with Crippen molar-refractivity contribution in [1.29, 1.82) is 0 Å². The second-order valence-corrected chi connectivity index (χ2v) is 6.95. The standard InChI is InChI=1S/C17H25NO/c1-12(2)18-11-14-9-7-6-8-13(14)10-15(16(18)19)17(3,4)5/h6-9,12,15H,10-11H2,1-5H3. The Balaban J connectivity index is 2.46. The zero-order chi connectivity index (χ0) is 14.2. The Morgan fingerprint density at radius 1 is 1.16 bits per heavy atom. The van der Waals surface area contributed by atoms with Crippen LogP contribution in [0, 0.1) is 11.3 Å². The minimum atomic E-state index is 0.00166. The van der Waals surface area contributed by atoms with Gasteiger partial charge >= 0.3 is 0 Å². The maximum Gasteiger partial charge on any atom is 0.227 e. The van der Waals surface area contributed by atoms with Crippen LogP contribution < -0.4 is 0 Å². The number of nitrogens with zero attached hydrogens (tertiary/aromatic N) is 1. The molecular formula is C17H25NO. The highest BCUT2D eigenvalue weighted by molar-refractivity contribution is 5.81. The third-order valence-corrected chi connectivity index (χ3v) is 4.13. The van der Waals surface area contributed by atoms with Crippen LogP contribution in [0.25, 0.3) is 0 Å². The Morgan fingerprint density at radius 2 is 1.74 bits per heavy atom. The van der Waals surface area contributed by atoms with Crippen LogP contribution in [0.15, 0.2) is 24.3 Å². The lowest BCUT2D eigenvalue weighted by Crippen LogP contribution is -2.43. The molecule has 2 rings (SSSR count). The molecule has 19 heavy (non-hydrogen) atoms. The maximum absolute atomic E-state index is 12.8. The van der Waals surface area contributed by atoms with Gasteiger partial charge in [0.05, 0.1) is 0 Å². The normalized spacial score (nSPS) is 20.4. The van der Waals surface area contributed by atoms with E-state index in [0.717, 1.165) is 13.0 Å². The summed E-state index contributed by atoms with van der Waals surface area (Å²) in [4.78, 5) is 14.9. The molecule has 0 spiro atoms. The van der Waals surface area contributed by atoms with Gasteiger partial charge in [0.2, 0.25) is 5.91 Å². The molecule has 0 N–H and O–H groups in total. The average Bonchev–Trinajstić information content (AvgIpc) is 2.46. The van der Waals surface area contributed by atoms with Gasteiger partial charge in [-0.25, -0.2) is 0 Å². The molecule has 2 nitrogen and oxygen atoms in total. The lowest BCUT2D eigenvalue weighted by molar-refractivity contribution is -0.141. The molecule has 0 aliphatic carbocycles. The van der Waals surface area contributed by atoms with Gasteiger partial charge in [-0.3, -0.25) is 4.79 Å². The number of carbonyl (C=O) groups is 1. The first-order chi connectivity index (χ1) is 8.80. The zero-order valence-electron chi connectivity index (χ0n) is 12.7. The third-order valence-electron chi connectivity index (χ3n) is 4.13. The predicted molar refractivity (Wildman–Crippen MR) is 78.8 cm³/mol. The molecule has 0 fully saturated rings. The number of rotatable bonds is 1. The molecular weight excluding hydrogens is 234 g/mol. The fraction of sp³-hybridized carbons (Fsp3) is 0.588. The quantitative estimate of drug-likeness (QED) is 0.754. The molecule has 0 aromatic heterocycles. The minimum Gasteiger partial charge on any atom is -0.336 e. The van der Waals surface area contributed by atoms with Crippen LogP contribution in [0.4, 0.5) is 0 Å². The van der Waals surface area contributed by atoms with E-state index in [2.05, 4.69) is 58.9 Å². The highest BCUT2D eigenvalue weighted by Gasteiger charge is 2.37. The first-order valence-corrected chi connectivity index (χ1v) is 7.18. The van der Waals surface area contributed by atoms with E-state index >= 15 is 0 Å². The van der Waals surface area contributed by atoms with E-state index in [0.29, 0.717) is 5.91 Å². The van der Waals surface area contributed by atoms with E-state index in [1.165, 1.54) is 11.1 Å². The van der Waals surface area contributed by atoms with Crippen LogP contribution in [0.2, 0.25) is 0 Å². The minimum absolute atomic E-state index is 0.00166. The molecule has 1 aromatic rings. The summed E-state index contributed by atoms with van der Waals surface area (Å²) in [5, 5.41) is 0. The molecule has 0 radical (unpaired) electrons. The van der Waals surface area contributed by atoms with E-state index in [1.54, 1.807) is 0 Å². The van der Waals surface area contributed by atoms with Crippen LogP contribution in [0.5, 0.6) is 0 Å². The third kappa shape index (κ3) is 2.83. The molecule has 2 heteroatoms. The lowest BCUT2D eigenvalue weighted by Gasteiger charge is -2.34. The molecule has 1 aliphatic rings. The van der Waals surface area contributed by atoms with Crippen molar-refractivity contribution in [2.75, 3.05) is 0 Å². The molecule has 1 atom stereocenters. The molecule has 1 unspecified atom stereocenters. The summed E-state index contributed by atoms with van der Waals surface area (Å²) in [5.41, 5.74) is 2.64. The predicted octanol–water partition coefficient (Wildman–Crippen LogP) is 3.64. The van der Waals surface area contributed by atoms with Crippen molar-refractivity contribution in [2.45, 2.75) is 53.6 Å². The topological polar surface area (TPSA) is 20.3 Å². The number of carbonyl (C=O) groups excluding carboxylic acids is 1. The van der Waals surface area contributed by atoms with E-state index < -0.39 is 0 Å². The summed E-state index contributed by atoms with van der Waals surface area (Å²) < 4.78 is 0. The van der Waals surface area contributed by atoms with Gasteiger partial charge in [-0.2, -0.15) is 0 Å². The van der Waals surface area contributed by atoms with Gasteiger partial charge in [-0.15, -0.1) is 0 Å². The summed E-state index contributed by atoms with van der Waals surface area (Å²) in [6, 6.07) is 8.73. The van der Waals surface area contributed by atoms with E-state index in [9.17, 15) is 4.79 Å². The molecule has 0 saturated carbocycles. The van der Waals surface area contributed by atoms with Gasteiger partial charge in [0, 0.05) is 18.5 Å². The Labute approximate surface area is 116 Å². The second-order valence-electron chi connectivity index (χ2n) is 6.95. The Bertz CT molecular complexity index is 470. The summed E-state index contributed by atoms with van der Waals surface area (Å²) in [7, 11) is 0. The highest BCUT2D eigenvalue weighted by Crippen LogP contribution is 2.35. The number of hydrogen-bond acceptors (Lipinski definition) is 1. The Morgan fingerprint density at radius 3 is 2.26 bits per heavy atom. The molecule has 1 amide bonds. The molecule has 1 heterocycles. The molecule has 0 saturated heterocycles.